The molecule has 33 heavy (non-hydrogen) atoms. The molecule has 0 aliphatic heterocycles. The number of benzene rings is 2. The van der Waals surface area contributed by atoms with Gasteiger partial charge in [-0.05, 0) is 55.7 Å². The average molecular weight is 500 g/mol. The first-order valence-corrected chi connectivity index (χ1v) is 12.1. The van der Waals surface area contributed by atoms with Gasteiger partial charge in [-0.3, -0.25) is 4.79 Å². The SMILES string of the molecule is CC(CO)C1(O)C2CC[C@H]1CC(Sc1cc(C(=O)Nc3cc(F)c(F)c(F)c3)ccc1Cl)C2. The molecule has 2 saturated carbocycles. The van der Waals surface area contributed by atoms with Crippen molar-refractivity contribution in [3.8, 4) is 0 Å². The molecule has 0 saturated heterocycles. The number of halogens is 4. The number of nitrogens with one attached hydrogen (secondary N) is 1. The van der Waals surface area contributed by atoms with Crippen LogP contribution < -0.4 is 5.32 Å². The number of aliphatic hydroxyl groups excluding tert-OH is 1. The molecule has 2 aliphatic carbocycles. The summed E-state index contributed by atoms with van der Waals surface area (Å²) >= 11 is 7.93. The minimum absolute atomic E-state index is 0.0495. The Hall–Kier alpha value is -1.74. The zero-order chi connectivity index (χ0) is 23.9. The summed E-state index contributed by atoms with van der Waals surface area (Å²) in [6, 6.07) is 6.15. The number of rotatable bonds is 6. The van der Waals surface area contributed by atoms with Crippen LogP contribution in [0.3, 0.4) is 0 Å². The van der Waals surface area contributed by atoms with Crippen LogP contribution in [0.25, 0.3) is 0 Å². The lowest BCUT2D eigenvalue weighted by Crippen LogP contribution is -2.51. The molecule has 4 unspecified atom stereocenters. The van der Waals surface area contributed by atoms with E-state index in [0.29, 0.717) is 22.1 Å². The Labute approximate surface area is 199 Å². The topological polar surface area (TPSA) is 69.6 Å². The van der Waals surface area contributed by atoms with E-state index in [-0.39, 0.29) is 40.9 Å². The number of hydrogen-bond acceptors (Lipinski definition) is 4. The molecule has 2 aliphatic rings. The molecule has 5 atom stereocenters. The van der Waals surface area contributed by atoms with Gasteiger partial charge < -0.3 is 15.5 Å². The standard InChI is InChI=1S/C24H25ClF3NO3S/c1-12(11-30)24(32)14-3-4-15(24)8-17(7-14)33-21-6-13(2-5-18(21)25)23(31)29-16-9-19(26)22(28)20(27)10-16/h2,5-6,9-10,12,14-15,17,30,32H,3-4,7-8,11H2,1H3,(H,29,31)/t12?,14-,15?,17?,24?/m0/s1. The molecular weight excluding hydrogens is 475 g/mol. The monoisotopic (exact) mass is 499 g/mol. The quantitative estimate of drug-likeness (QED) is 0.449. The van der Waals surface area contributed by atoms with E-state index in [0.717, 1.165) is 25.7 Å². The summed E-state index contributed by atoms with van der Waals surface area (Å²) in [7, 11) is 0. The summed E-state index contributed by atoms with van der Waals surface area (Å²) in [4.78, 5) is 13.3. The van der Waals surface area contributed by atoms with E-state index in [2.05, 4.69) is 5.32 Å². The van der Waals surface area contributed by atoms with Crippen molar-refractivity contribution < 1.29 is 28.2 Å². The van der Waals surface area contributed by atoms with Crippen molar-refractivity contribution in [2.75, 3.05) is 11.9 Å². The van der Waals surface area contributed by atoms with Crippen LogP contribution in [0.2, 0.25) is 5.02 Å². The summed E-state index contributed by atoms with van der Waals surface area (Å²) in [5.74, 6) is -4.96. The number of hydrogen-bond donors (Lipinski definition) is 3. The second-order valence-electron chi connectivity index (χ2n) is 9.01. The van der Waals surface area contributed by atoms with Gasteiger partial charge in [0.25, 0.3) is 5.91 Å². The van der Waals surface area contributed by atoms with Crippen LogP contribution >= 0.6 is 23.4 Å². The molecule has 1 amide bonds. The number of fused-ring (bicyclic) bond motifs is 2. The number of thioether (sulfide) groups is 1. The third-order valence-electron chi connectivity index (χ3n) is 7.06. The van der Waals surface area contributed by atoms with Crippen molar-refractivity contribution in [2.45, 2.75) is 48.4 Å². The normalized spacial score (nSPS) is 27.4. The van der Waals surface area contributed by atoms with Crippen molar-refractivity contribution >= 4 is 35.0 Å². The minimum atomic E-state index is -1.60. The van der Waals surface area contributed by atoms with Gasteiger partial charge in [0.1, 0.15) is 0 Å². The Balaban J connectivity index is 1.48. The predicted molar refractivity (Wildman–Crippen MR) is 122 cm³/mol. The predicted octanol–water partition coefficient (Wildman–Crippen LogP) is 5.65. The van der Waals surface area contributed by atoms with Gasteiger partial charge in [0.05, 0.1) is 10.6 Å². The highest BCUT2D eigenvalue weighted by molar-refractivity contribution is 8.00. The Morgan fingerprint density at radius 3 is 2.36 bits per heavy atom. The average Bonchev–Trinajstić information content (AvgIpc) is 2.95. The van der Waals surface area contributed by atoms with E-state index < -0.39 is 29.0 Å². The largest absolute Gasteiger partial charge is 0.396 e. The molecule has 9 heteroatoms. The number of aliphatic hydroxyl groups is 2. The summed E-state index contributed by atoms with van der Waals surface area (Å²) < 4.78 is 40.0. The summed E-state index contributed by atoms with van der Waals surface area (Å²) in [6.07, 6.45) is 3.40. The van der Waals surface area contributed by atoms with E-state index in [9.17, 15) is 28.2 Å². The molecule has 2 aromatic rings. The van der Waals surface area contributed by atoms with Crippen LogP contribution in [0.4, 0.5) is 18.9 Å². The maximum absolute atomic E-state index is 13.4. The first kappa shape index (κ1) is 24.4. The van der Waals surface area contributed by atoms with Crippen molar-refractivity contribution in [2.24, 2.45) is 17.8 Å². The first-order valence-electron chi connectivity index (χ1n) is 10.9. The van der Waals surface area contributed by atoms with Crippen molar-refractivity contribution in [1.82, 2.24) is 0 Å². The number of carbonyl (C=O) groups excluding carboxylic acids is 1. The lowest BCUT2D eigenvalue weighted by Gasteiger charge is -2.46. The zero-order valence-electron chi connectivity index (χ0n) is 18.0. The molecule has 0 radical (unpaired) electrons. The maximum Gasteiger partial charge on any atom is 0.255 e. The van der Waals surface area contributed by atoms with Crippen LogP contribution in [0.15, 0.2) is 35.2 Å². The fourth-order valence-corrected chi connectivity index (χ4v) is 6.98. The van der Waals surface area contributed by atoms with E-state index in [1.165, 1.54) is 6.07 Å². The molecule has 0 heterocycles. The zero-order valence-corrected chi connectivity index (χ0v) is 19.5. The Morgan fingerprint density at radius 2 is 1.79 bits per heavy atom. The highest BCUT2D eigenvalue weighted by Crippen LogP contribution is 2.56. The maximum atomic E-state index is 13.4. The third kappa shape index (κ3) is 4.63. The molecule has 178 valence electrons. The van der Waals surface area contributed by atoms with Gasteiger partial charge in [0, 0.05) is 46.1 Å². The van der Waals surface area contributed by atoms with Gasteiger partial charge in [-0.2, -0.15) is 0 Å². The smallest absolute Gasteiger partial charge is 0.255 e. The van der Waals surface area contributed by atoms with Gasteiger partial charge in [0.2, 0.25) is 0 Å². The second kappa shape index (κ2) is 9.49. The highest BCUT2D eigenvalue weighted by Gasteiger charge is 2.55. The molecule has 4 rings (SSSR count). The van der Waals surface area contributed by atoms with Crippen LogP contribution in [-0.2, 0) is 0 Å². The molecule has 2 aromatic carbocycles. The summed E-state index contributed by atoms with van der Waals surface area (Å²) in [5.41, 5.74) is -0.797. The highest BCUT2D eigenvalue weighted by atomic mass is 35.5. The Kier molecular flexibility index (Phi) is 7.01. The second-order valence-corrected chi connectivity index (χ2v) is 10.8. The van der Waals surface area contributed by atoms with Crippen LogP contribution in [0.1, 0.15) is 43.0 Å². The molecule has 2 bridgehead atoms. The Morgan fingerprint density at radius 1 is 1.18 bits per heavy atom. The van der Waals surface area contributed by atoms with E-state index in [1.807, 2.05) is 6.92 Å². The molecule has 0 aromatic heterocycles. The van der Waals surface area contributed by atoms with Gasteiger partial charge in [-0.25, -0.2) is 13.2 Å². The van der Waals surface area contributed by atoms with E-state index >= 15 is 0 Å². The number of carbonyl (C=O) groups is 1. The molecule has 3 N–H and O–H groups in total. The van der Waals surface area contributed by atoms with Gasteiger partial charge >= 0.3 is 0 Å². The summed E-state index contributed by atoms with van der Waals surface area (Å²) in [5, 5.41) is 23.9. The van der Waals surface area contributed by atoms with Crippen LogP contribution in [0, 0.1) is 35.2 Å². The number of anilines is 1. The van der Waals surface area contributed by atoms with Crippen LogP contribution in [0.5, 0.6) is 0 Å². The fraction of sp³-hybridized carbons (Fsp3) is 0.458. The van der Waals surface area contributed by atoms with Crippen molar-refractivity contribution in [1.29, 1.82) is 0 Å². The lowest BCUT2D eigenvalue weighted by atomic mass is 9.68. The molecular formula is C24H25ClF3NO3S. The summed E-state index contributed by atoms with van der Waals surface area (Å²) in [6.45, 7) is 1.84. The van der Waals surface area contributed by atoms with Gasteiger partial charge in [-0.1, -0.05) is 18.5 Å². The van der Waals surface area contributed by atoms with Crippen molar-refractivity contribution in [3.63, 3.8) is 0 Å². The van der Waals surface area contributed by atoms with E-state index in [4.69, 9.17) is 11.6 Å². The van der Waals surface area contributed by atoms with Gasteiger partial charge in [0.15, 0.2) is 17.5 Å². The fourth-order valence-electron chi connectivity index (χ4n) is 5.33. The van der Waals surface area contributed by atoms with Crippen LogP contribution in [-0.4, -0.2) is 33.6 Å². The van der Waals surface area contributed by atoms with Gasteiger partial charge in [-0.15, -0.1) is 11.8 Å². The first-order chi connectivity index (χ1) is 15.6. The Bertz CT molecular complexity index is 1030. The number of amides is 1. The minimum Gasteiger partial charge on any atom is -0.396 e. The molecule has 4 nitrogen and oxygen atoms in total. The molecule has 0 spiro atoms. The lowest BCUT2D eigenvalue weighted by molar-refractivity contribution is -0.111. The molecule has 2 fully saturated rings. The van der Waals surface area contributed by atoms with Crippen molar-refractivity contribution in [3.05, 3.63) is 58.4 Å². The van der Waals surface area contributed by atoms with E-state index in [1.54, 1.807) is 23.9 Å². The third-order valence-corrected chi connectivity index (χ3v) is 8.81.